The minimum absolute atomic E-state index is 0.223. The Labute approximate surface area is 114 Å². The molecule has 0 spiro atoms. The first kappa shape index (κ1) is 13.1. The van der Waals surface area contributed by atoms with Gasteiger partial charge < -0.3 is 14.6 Å². The molecule has 1 aromatic heterocycles. The van der Waals surface area contributed by atoms with E-state index in [0.717, 1.165) is 32.3 Å². The Hall–Kier alpha value is -0.910. The Morgan fingerprint density at radius 1 is 1.47 bits per heavy atom. The summed E-state index contributed by atoms with van der Waals surface area (Å²) in [6.07, 6.45) is 6.77. The fourth-order valence-corrected chi connectivity index (χ4v) is 2.86. The third-order valence-corrected chi connectivity index (χ3v) is 4.18. The molecule has 0 amide bonds. The first-order valence-corrected chi connectivity index (χ1v) is 7.35. The highest BCUT2D eigenvalue weighted by atomic mass is 16.5. The largest absolute Gasteiger partial charge is 0.374 e. The number of morpholine rings is 1. The van der Waals surface area contributed by atoms with Gasteiger partial charge in [-0.15, -0.1) is 0 Å². The van der Waals surface area contributed by atoms with Gasteiger partial charge in [-0.05, 0) is 26.8 Å². The third-order valence-electron chi connectivity index (χ3n) is 4.18. The number of rotatable bonds is 5. The number of hydrogen-bond acceptors (Lipinski definition) is 4. The van der Waals surface area contributed by atoms with Crippen molar-refractivity contribution >= 4 is 0 Å². The maximum atomic E-state index is 6.02. The minimum atomic E-state index is 0.223. The zero-order chi connectivity index (χ0) is 13.2. The normalized spacial score (nSPS) is 28.7. The Morgan fingerprint density at radius 3 is 3.05 bits per heavy atom. The highest BCUT2D eigenvalue weighted by molar-refractivity contribution is 5.10. The highest BCUT2D eigenvalue weighted by Crippen LogP contribution is 2.29. The molecule has 5 nitrogen and oxygen atoms in total. The molecule has 0 aromatic carbocycles. The number of aryl methyl sites for hydroxylation is 1. The zero-order valence-corrected chi connectivity index (χ0v) is 11.9. The molecule has 1 saturated heterocycles. The van der Waals surface area contributed by atoms with Gasteiger partial charge in [0.25, 0.3) is 0 Å². The molecule has 1 N–H and O–H groups in total. The number of aromatic nitrogens is 2. The van der Waals surface area contributed by atoms with Crippen molar-refractivity contribution in [2.45, 2.75) is 44.5 Å². The van der Waals surface area contributed by atoms with Gasteiger partial charge in [-0.25, -0.2) is 4.98 Å². The van der Waals surface area contributed by atoms with Gasteiger partial charge in [0.05, 0.1) is 30.8 Å². The molecule has 3 rings (SSSR count). The second kappa shape index (κ2) is 5.61. The highest BCUT2D eigenvalue weighted by Gasteiger charge is 2.34. The Balaban J connectivity index is 1.75. The summed E-state index contributed by atoms with van der Waals surface area (Å²) in [5.41, 5.74) is 1.27. The average molecular weight is 264 g/mol. The van der Waals surface area contributed by atoms with Crippen LogP contribution in [0.1, 0.15) is 31.5 Å². The van der Waals surface area contributed by atoms with Crippen molar-refractivity contribution < 1.29 is 4.74 Å². The molecular formula is C14H24N4O. The van der Waals surface area contributed by atoms with E-state index in [-0.39, 0.29) is 6.10 Å². The molecule has 1 aliphatic heterocycles. The van der Waals surface area contributed by atoms with Gasteiger partial charge in [0, 0.05) is 31.9 Å². The first-order valence-electron chi connectivity index (χ1n) is 7.35. The van der Waals surface area contributed by atoms with Crippen LogP contribution in [0.25, 0.3) is 0 Å². The van der Waals surface area contributed by atoms with E-state index in [2.05, 4.69) is 33.7 Å². The van der Waals surface area contributed by atoms with E-state index < -0.39 is 0 Å². The maximum absolute atomic E-state index is 6.02. The van der Waals surface area contributed by atoms with Crippen LogP contribution in [0.2, 0.25) is 0 Å². The monoisotopic (exact) mass is 264 g/mol. The topological polar surface area (TPSA) is 42.3 Å². The van der Waals surface area contributed by atoms with E-state index in [4.69, 9.17) is 4.74 Å². The number of nitrogens with zero attached hydrogens (tertiary/aromatic N) is 3. The van der Waals surface area contributed by atoms with Crippen molar-refractivity contribution in [3.63, 3.8) is 0 Å². The van der Waals surface area contributed by atoms with Crippen molar-refractivity contribution in [1.29, 1.82) is 0 Å². The van der Waals surface area contributed by atoms with Gasteiger partial charge in [-0.1, -0.05) is 0 Å². The lowest BCUT2D eigenvalue weighted by Gasteiger charge is -2.39. The van der Waals surface area contributed by atoms with Crippen molar-refractivity contribution in [2.75, 3.05) is 26.7 Å². The lowest BCUT2D eigenvalue weighted by Crippen LogP contribution is -2.48. The van der Waals surface area contributed by atoms with Crippen molar-refractivity contribution in [1.82, 2.24) is 19.8 Å². The molecule has 2 atom stereocenters. The number of hydrogen-bond donors (Lipinski definition) is 1. The molecule has 1 saturated carbocycles. The summed E-state index contributed by atoms with van der Waals surface area (Å²) in [4.78, 5) is 6.70. The maximum Gasteiger partial charge on any atom is 0.0948 e. The number of likely N-dealkylation sites (N-methyl/N-ethyl adjacent to an activating group) is 1. The van der Waals surface area contributed by atoms with Crippen molar-refractivity contribution in [3.8, 4) is 0 Å². The van der Waals surface area contributed by atoms with Crippen LogP contribution in [0.4, 0.5) is 0 Å². The number of nitrogens with one attached hydrogen (secondary N) is 1. The standard InChI is InChI=1S/C14H24N4O/c1-3-18-10-15-8-12(18)14-13(9-16-11-4-5-11)19-7-6-17(14)2/h8,10-11,13-14,16H,3-7,9H2,1-2H3. The SMILES string of the molecule is CCn1cncc1C1C(CNC2CC2)OCCN1C. The average Bonchev–Trinajstić information content (AvgIpc) is 3.13. The third kappa shape index (κ3) is 2.83. The second-order valence-electron chi connectivity index (χ2n) is 5.62. The van der Waals surface area contributed by atoms with Crippen LogP contribution in [0.15, 0.2) is 12.5 Å². The van der Waals surface area contributed by atoms with E-state index in [1.54, 1.807) is 0 Å². The van der Waals surface area contributed by atoms with Crippen LogP contribution in [0, 0.1) is 0 Å². The minimum Gasteiger partial charge on any atom is -0.374 e. The van der Waals surface area contributed by atoms with Crippen LogP contribution in [0.3, 0.4) is 0 Å². The molecule has 0 radical (unpaired) electrons. The molecular weight excluding hydrogens is 240 g/mol. The van der Waals surface area contributed by atoms with Gasteiger partial charge >= 0.3 is 0 Å². The van der Waals surface area contributed by atoms with E-state index in [9.17, 15) is 0 Å². The van der Waals surface area contributed by atoms with Gasteiger partial charge in [0.2, 0.25) is 0 Å². The summed E-state index contributed by atoms with van der Waals surface area (Å²) in [5, 5.41) is 3.59. The summed E-state index contributed by atoms with van der Waals surface area (Å²) < 4.78 is 8.24. The smallest absolute Gasteiger partial charge is 0.0948 e. The summed E-state index contributed by atoms with van der Waals surface area (Å²) in [5.74, 6) is 0. The van der Waals surface area contributed by atoms with Gasteiger partial charge in [0.1, 0.15) is 0 Å². The predicted octanol–water partition coefficient (Wildman–Crippen LogP) is 1.03. The zero-order valence-electron chi connectivity index (χ0n) is 11.9. The van der Waals surface area contributed by atoms with Gasteiger partial charge in [-0.3, -0.25) is 4.90 Å². The molecule has 2 fully saturated rings. The molecule has 2 unspecified atom stereocenters. The fourth-order valence-electron chi connectivity index (χ4n) is 2.86. The second-order valence-corrected chi connectivity index (χ2v) is 5.62. The number of ether oxygens (including phenoxy) is 1. The molecule has 1 aromatic rings. The lowest BCUT2D eigenvalue weighted by molar-refractivity contribution is -0.0638. The van der Waals surface area contributed by atoms with Gasteiger partial charge in [0.15, 0.2) is 0 Å². The van der Waals surface area contributed by atoms with Crippen LogP contribution in [-0.2, 0) is 11.3 Å². The summed E-state index contributed by atoms with van der Waals surface area (Å²) in [6.45, 7) is 5.87. The molecule has 5 heteroatoms. The molecule has 0 bridgehead atoms. The van der Waals surface area contributed by atoms with Crippen molar-refractivity contribution in [3.05, 3.63) is 18.2 Å². The van der Waals surface area contributed by atoms with Crippen LogP contribution >= 0.6 is 0 Å². The molecule has 19 heavy (non-hydrogen) atoms. The lowest BCUT2D eigenvalue weighted by atomic mass is 10.0. The Kier molecular flexibility index (Phi) is 3.86. The van der Waals surface area contributed by atoms with Crippen LogP contribution in [-0.4, -0.2) is 53.3 Å². The van der Waals surface area contributed by atoms with Crippen LogP contribution in [0.5, 0.6) is 0 Å². The molecule has 1 aliphatic carbocycles. The van der Waals surface area contributed by atoms with E-state index >= 15 is 0 Å². The Morgan fingerprint density at radius 2 is 2.32 bits per heavy atom. The summed E-state index contributed by atoms with van der Waals surface area (Å²) >= 11 is 0. The van der Waals surface area contributed by atoms with E-state index in [1.807, 2.05) is 12.5 Å². The van der Waals surface area contributed by atoms with Crippen molar-refractivity contribution in [2.24, 2.45) is 0 Å². The van der Waals surface area contributed by atoms with Crippen LogP contribution < -0.4 is 5.32 Å². The fraction of sp³-hybridized carbons (Fsp3) is 0.786. The van der Waals surface area contributed by atoms with Gasteiger partial charge in [-0.2, -0.15) is 0 Å². The molecule has 2 aliphatic rings. The summed E-state index contributed by atoms with van der Waals surface area (Å²) in [7, 11) is 2.18. The van der Waals surface area contributed by atoms with E-state index in [0.29, 0.717) is 6.04 Å². The summed E-state index contributed by atoms with van der Waals surface area (Å²) in [6, 6.07) is 1.04. The molecule has 106 valence electrons. The quantitative estimate of drug-likeness (QED) is 0.862. The molecule has 2 heterocycles. The first-order chi connectivity index (χ1) is 9.29. The number of imidazole rings is 1. The van der Waals surface area contributed by atoms with E-state index in [1.165, 1.54) is 18.5 Å². The predicted molar refractivity (Wildman–Crippen MR) is 74.0 cm³/mol. The Bertz CT molecular complexity index is 415.